The van der Waals surface area contributed by atoms with Crippen LogP contribution in [0.1, 0.15) is 22.3 Å². The fourth-order valence-electron chi connectivity index (χ4n) is 9.85. The molecule has 0 saturated carbocycles. The molecule has 1 spiro atoms. The molecule has 2 aliphatic heterocycles. The van der Waals surface area contributed by atoms with Gasteiger partial charge in [-0.1, -0.05) is 183 Å². The number of hydrogen-bond donors (Lipinski definition) is 0. The van der Waals surface area contributed by atoms with E-state index in [1.807, 2.05) is 0 Å². The van der Waals surface area contributed by atoms with Crippen LogP contribution in [0.25, 0.3) is 60.9 Å². The minimum absolute atomic E-state index is 0.467. The molecule has 0 radical (unpaired) electrons. The number of fused-ring (bicyclic) bond motifs is 11. The van der Waals surface area contributed by atoms with E-state index in [-0.39, 0.29) is 0 Å². The Morgan fingerprint density at radius 2 is 0.887 bits per heavy atom. The predicted octanol–water partition coefficient (Wildman–Crippen LogP) is 11.6. The first-order valence-electron chi connectivity index (χ1n) is 18.7. The largest absolute Gasteiger partial charge is 0.309 e. The van der Waals surface area contributed by atoms with E-state index in [1.54, 1.807) is 0 Å². The molecule has 0 saturated heterocycles. The van der Waals surface area contributed by atoms with Crippen LogP contribution in [-0.2, 0) is 5.41 Å². The molecule has 1 unspecified atom stereocenters. The van der Waals surface area contributed by atoms with Gasteiger partial charge in [0.25, 0.3) is 0 Å². The molecule has 2 heteroatoms. The fraction of sp³-hybridized carbons (Fsp3) is 0.0588. The average molecular weight is 692 g/mol. The number of hydrogen-bond acceptors (Lipinski definition) is 0. The molecule has 0 amide bonds. The third kappa shape index (κ3) is 4.13. The second kappa shape index (κ2) is 11.1. The predicted molar refractivity (Wildman–Crippen MR) is 226 cm³/mol. The van der Waals surface area contributed by atoms with Crippen LogP contribution < -0.4 is 10.4 Å². The van der Waals surface area contributed by atoms with Crippen LogP contribution in [0.3, 0.4) is 0 Å². The second-order valence-corrected chi connectivity index (χ2v) is 19.6. The number of nitrogens with zero attached hydrogens (tertiary/aromatic N) is 1. The molecule has 11 rings (SSSR count). The van der Waals surface area contributed by atoms with Crippen LogP contribution in [0.5, 0.6) is 0 Å². The van der Waals surface area contributed by atoms with Crippen molar-refractivity contribution in [2.45, 2.75) is 18.5 Å². The summed E-state index contributed by atoms with van der Waals surface area (Å²) < 4.78 is 2.54. The Hall–Kier alpha value is -6.22. The van der Waals surface area contributed by atoms with Gasteiger partial charge < -0.3 is 4.57 Å². The van der Waals surface area contributed by atoms with E-state index in [4.69, 9.17) is 0 Å². The summed E-state index contributed by atoms with van der Waals surface area (Å²) in [5.74, 6) is 0. The molecule has 53 heavy (non-hydrogen) atoms. The van der Waals surface area contributed by atoms with Crippen LogP contribution in [0.15, 0.2) is 188 Å². The lowest BCUT2D eigenvalue weighted by atomic mass is 9.62. The van der Waals surface area contributed by atoms with Crippen LogP contribution in [-0.4, -0.2) is 12.6 Å². The lowest BCUT2D eigenvalue weighted by Crippen LogP contribution is -2.63. The highest BCUT2D eigenvalue weighted by molar-refractivity contribution is 7.01. The molecule has 3 heterocycles. The van der Waals surface area contributed by atoms with Crippen molar-refractivity contribution in [3.8, 4) is 39.1 Å². The van der Waals surface area contributed by atoms with Gasteiger partial charge in [-0.25, -0.2) is 0 Å². The van der Waals surface area contributed by atoms with E-state index in [0.29, 0.717) is 0 Å². The first-order valence-corrected chi connectivity index (χ1v) is 21.7. The van der Waals surface area contributed by atoms with E-state index in [9.17, 15) is 0 Å². The summed E-state index contributed by atoms with van der Waals surface area (Å²) in [6.07, 6.45) is 0. The number of benzene rings is 8. The summed E-state index contributed by atoms with van der Waals surface area (Å²) in [4.78, 5) is 0. The summed E-state index contributed by atoms with van der Waals surface area (Å²) in [6, 6.07) is 70.7. The Labute approximate surface area is 311 Å². The van der Waals surface area contributed by atoms with Gasteiger partial charge in [-0.3, -0.25) is 0 Å². The van der Waals surface area contributed by atoms with E-state index in [1.165, 1.54) is 93.5 Å². The summed E-state index contributed by atoms with van der Waals surface area (Å²) >= 11 is 0. The van der Waals surface area contributed by atoms with Gasteiger partial charge >= 0.3 is 0 Å². The van der Waals surface area contributed by atoms with Crippen molar-refractivity contribution in [2.75, 3.05) is 0 Å². The molecule has 8 aromatic carbocycles. The zero-order valence-electron chi connectivity index (χ0n) is 29.8. The molecule has 0 fully saturated rings. The molecular formula is C51H37NSi. The van der Waals surface area contributed by atoms with Crippen molar-refractivity contribution in [1.29, 1.82) is 0 Å². The van der Waals surface area contributed by atoms with Crippen LogP contribution in [0.4, 0.5) is 0 Å². The molecule has 250 valence electrons. The van der Waals surface area contributed by atoms with Crippen LogP contribution in [0, 0.1) is 0 Å². The molecule has 0 bridgehead atoms. The van der Waals surface area contributed by atoms with E-state index < -0.39 is 13.5 Å². The van der Waals surface area contributed by atoms with Gasteiger partial charge in [0.05, 0.1) is 22.1 Å². The number of rotatable bonds is 3. The second-order valence-electron chi connectivity index (χ2n) is 15.3. The maximum absolute atomic E-state index is 2.55. The van der Waals surface area contributed by atoms with Gasteiger partial charge in [-0.2, -0.15) is 0 Å². The van der Waals surface area contributed by atoms with E-state index >= 15 is 0 Å². The quantitative estimate of drug-likeness (QED) is 0.163. The highest BCUT2D eigenvalue weighted by Gasteiger charge is 2.53. The SMILES string of the molecule is C[Si]1(C)c2ccccc2C2(c3ccccc3-n3c4ccccc4c4cccc2c43)c2cc(-c3ccc(-c4ccc(-c5ccccc5)cc4)cc3)ccc21. The maximum Gasteiger partial charge on any atom is 0.113 e. The molecule has 1 atom stereocenters. The summed E-state index contributed by atoms with van der Waals surface area (Å²) in [5, 5.41) is 5.67. The summed E-state index contributed by atoms with van der Waals surface area (Å²) in [5.41, 5.74) is 16.4. The molecule has 1 nitrogen and oxygen atoms in total. The molecule has 0 N–H and O–H groups in total. The highest BCUT2D eigenvalue weighted by atomic mass is 28.3. The average Bonchev–Trinajstić information content (AvgIpc) is 3.57. The van der Waals surface area contributed by atoms with E-state index in [0.717, 1.165) is 0 Å². The first kappa shape index (κ1) is 30.4. The molecular weight excluding hydrogens is 655 g/mol. The van der Waals surface area contributed by atoms with Crippen molar-refractivity contribution in [2.24, 2.45) is 0 Å². The van der Waals surface area contributed by atoms with Crippen LogP contribution in [0.2, 0.25) is 13.1 Å². The molecule has 1 aromatic heterocycles. The zero-order valence-corrected chi connectivity index (χ0v) is 30.8. The Kier molecular flexibility index (Phi) is 6.39. The Balaban J connectivity index is 1.13. The Morgan fingerprint density at radius 3 is 1.62 bits per heavy atom. The first-order chi connectivity index (χ1) is 26.0. The Bertz CT molecular complexity index is 2900. The molecule has 0 aliphatic carbocycles. The van der Waals surface area contributed by atoms with Crippen molar-refractivity contribution < 1.29 is 0 Å². The van der Waals surface area contributed by atoms with Crippen molar-refractivity contribution >= 4 is 40.3 Å². The zero-order chi connectivity index (χ0) is 35.3. The van der Waals surface area contributed by atoms with Crippen molar-refractivity contribution in [3.05, 3.63) is 210 Å². The molecule has 9 aromatic rings. The lowest BCUT2D eigenvalue weighted by Gasteiger charge is -2.49. The normalized spacial score (nSPS) is 16.3. The number of aromatic nitrogens is 1. The fourth-order valence-corrected chi connectivity index (χ4v) is 13.0. The van der Waals surface area contributed by atoms with Crippen molar-refractivity contribution in [3.63, 3.8) is 0 Å². The highest BCUT2D eigenvalue weighted by Crippen LogP contribution is 2.55. The van der Waals surface area contributed by atoms with Crippen LogP contribution >= 0.6 is 0 Å². The minimum Gasteiger partial charge on any atom is -0.309 e. The van der Waals surface area contributed by atoms with Gasteiger partial charge in [-0.05, 0) is 84.2 Å². The topological polar surface area (TPSA) is 4.93 Å². The van der Waals surface area contributed by atoms with Gasteiger partial charge in [0.1, 0.15) is 8.07 Å². The number of para-hydroxylation sites is 3. The smallest absolute Gasteiger partial charge is 0.113 e. The lowest BCUT2D eigenvalue weighted by molar-refractivity contribution is 0.732. The standard InChI is InChI=1S/C51H37NSi/c1-53(2)48-22-11-8-18-43(48)51(42-17-7-10-21-47(42)52-46-20-9-6-15-40(46)41-16-12-19-44(51)50(41)52)45-33-39(31-32-49(45)53)38-29-27-37(28-30-38)36-25-23-35(24-26-36)34-13-4-3-5-14-34/h3-33H,1-2H3. The Morgan fingerprint density at radius 1 is 0.377 bits per heavy atom. The van der Waals surface area contributed by atoms with Crippen molar-refractivity contribution in [1.82, 2.24) is 4.57 Å². The summed E-state index contributed by atoms with van der Waals surface area (Å²) in [7, 11) is -2.08. The summed E-state index contributed by atoms with van der Waals surface area (Å²) in [6.45, 7) is 5.09. The van der Waals surface area contributed by atoms with Gasteiger partial charge in [0, 0.05) is 10.8 Å². The monoisotopic (exact) mass is 691 g/mol. The van der Waals surface area contributed by atoms with E-state index in [2.05, 4.69) is 206 Å². The van der Waals surface area contributed by atoms with Gasteiger partial charge in [0.15, 0.2) is 0 Å². The maximum atomic E-state index is 2.55. The third-order valence-corrected chi connectivity index (χ3v) is 15.9. The molecule has 2 aliphatic rings. The minimum atomic E-state index is -2.08. The van der Waals surface area contributed by atoms with Gasteiger partial charge in [0.2, 0.25) is 0 Å². The third-order valence-electron chi connectivity index (χ3n) is 12.3. The van der Waals surface area contributed by atoms with Gasteiger partial charge in [-0.15, -0.1) is 0 Å².